The van der Waals surface area contributed by atoms with Crippen LogP contribution in [0.5, 0.6) is 0 Å². The Balaban J connectivity index is -0.0000000945. The number of rotatable bonds is 9. The van der Waals surface area contributed by atoms with Crippen molar-refractivity contribution in [2.45, 2.75) is 38.3 Å². The van der Waals surface area contributed by atoms with Gasteiger partial charge in [0.25, 0.3) is 0 Å². The fourth-order valence-corrected chi connectivity index (χ4v) is 0.632. The minimum absolute atomic E-state index is 0.278. The Morgan fingerprint density at radius 2 is 0.903 bits per heavy atom. The largest absolute Gasteiger partial charge is 0.480 e. The average Bonchev–Trinajstić information content (AvgIpc) is 2.69. The van der Waals surface area contributed by atoms with E-state index in [1.165, 1.54) is 6.92 Å². The minimum atomic E-state index is -0.968. The molecular weight excluding hydrogens is 424 g/mol. The van der Waals surface area contributed by atoms with Gasteiger partial charge in [0.1, 0.15) is 12.1 Å². The summed E-state index contributed by atoms with van der Waals surface area (Å²) in [5.74, 6) is -4.80. The summed E-state index contributed by atoms with van der Waals surface area (Å²) in [5, 5.41) is 39.0. The van der Waals surface area contributed by atoms with E-state index >= 15 is 0 Å². The van der Waals surface area contributed by atoms with Gasteiger partial charge < -0.3 is 59.9 Å². The Morgan fingerprint density at radius 1 is 0.645 bits per heavy atom. The molecule has 16 heteroatoms. The van der Waals surface area contributed by atoms with Crippen LogP contribution in [-0.2, 0) is 24.0 Å². The molecule has 0 saturated heterocycles. The number of unbranched alkanes of at least 4 members (excludes halogenated alkanes) is 1. The van der Waals surface area contributed by atoms with Gasteiger partial charge in [0.15, 0.2) is 0 Å². The lowest BCUT2D eigenvalue weighted by Gasteiger charge is -2.03. The van der Waals surface area contributed by atoms with Crippen LogP contribution in [0.25, 0.3) is 0 Å². The lowest BCUT2D eigenvalue weighted by Crippen LogP contribution is -2.29. The van der Waals surface area contributed by atoms with E-state index in [9.17, 15) is 24.0 Å². The molecule has 0 aliphatic rings. The Bertz CT molecular complexity index is 458. The number of hydrogen-bond acceptors (Lipinski definition) is 11. The number of carbonyl (C=O) groups is 5. The molecule has 31 heavy (non-hydrogen) atoms. The van der Waals surface area contributed by atoms with E-state index in [2.05, 4.69) is 17.2 Å². The molecule has 0 rings (SSSR count). The molecule has 0 saturated carbocycles. The lowest BCUT2D eigenvalue weighted by atomic mass is 10.1. The van der Waals surface area contributed by atoms with Gasteiger partial charge in [0.2, 0.25) is 0 Å². The van der Waals surface area contributed by atoms with E-state index in [1.807, 2.05) is 0 Å². The van der Waals surface area contributed by atoms with Crippen LogP contribution in [0, 0.1) is 0 Å². The molecule has 0 aliphatic heterocycles. The van der Waals surface area contributed by atoms with E-state index < -0.39 is 41.9 Å². The van der Waals surface area contributed by atoms with Crippen LogP contribution >= 0.6 is 0 Å². The van der Waals surface area contributed by atoms with E-state index in [0.717, 1.165) is 12.8 Å². The van der Waals surface area contributed by atoms with Gasteiger partial charge in [0.05, 0.1) is 19.6 Å². The van der Waals surface area contributed by atoms with Gasteiger partial charge in [-0.1, -0.05) is 6.42 Å². The van der Waals surface area contributed by atoms with Gasteiger partial charge in [-0.2, -0.15) is 0 Å². The molecule has 0 aromatic rings. The predicted octanol–water partition coefficient (Wildman–Crippen LogP) is -3.97. The second kappa shape index (κ2) is 29.3. The Hall–Kier alpha value is -2.89. The maximum atomic E-state index is 10.1. The quantitative estimate of drug-likeness (QED) is 0.146. The van der Waals surface area contributed by atoms with Crippen molar-refractivity contribution < 1.29 is 49.5 Å². The highest BCUT2D eigenvalue weighted by molar-refractivity contribution is 5.73. The lowest BCUT2D eigenvalue weighted by molar-refractivity contribution is -0.139. The summed E-state index contributed by atoms with van der Waals surface area (Å²) < 4.78 is 0. The highest BCUT2D eigenvalue weighted by atomic mass is 16.4. The molecule has 0 radical (unpaired) electrons. The topological polar surface area (TPSA) is 343 Å². The first-order chi connectivity index (χ1) is 14.1. The molecule has 0 amide bonds. The zero-order valence-electron chi connectivity index (χ0n) is 17.3. The fourth-order valence-electron chi connectivity index (χ4n) is 0.632. The number of nitrogens with two attached hydrogens (primary N) is 6. The molecule has 0 heterocycles. The van der Waals surface area contributed by atoms with Gasteiger partial charge >= 0.3 is 29.8 Å². The first kappa shape index (κ1) is 38.7. The maximum Gasteiger partial charge on any atom is 0.320 e. The summed E-state index contributed by atoms with van der Waals surface area (Å²) in [5.41, 5.74) is 29.0. The van der Waals surface area contributed by atoms with Gasteiger partial charge in [-0.05, 0) is 26.3 Å². The van der Waals surface area contributed by atoms with Crippen LogP contribution in [0.2, 0.25) is 0 Å². The molecule has 0 fully saturated rings. The zero-order valence-corrected chi connectivity index (χ0v) is 17.3. The molecule has 0 aromatic carbocycles. The first-order valence-electron chi connectivity index (χ1n) is 8.56. The number of hydrogen-bond donors (Lipinski definition) is 11. The fraction of sp³-hybridized carbons (Fsp3) is 0.667. The second-order valence-corrected chi connectivity index (χ2v) is 5.15. The molecule has 17 N–H and O–H groups in total. The van der Waals surface area contributed by atoms with Crippen LogP contribution in [0.3, 0.4) is 0 Å². The standard InChI is InChI=1S/C6H14N2O2.C3H7NO2.3C2H5NO2/c7-4-2-1-3-5(8)6(9)10;1-2(4)3(5)6;3*3-1-2(4)5/h5H,1-4,7-8H2,(H,9,10);2H,4H2,1H3,(H,5,6);3*1,3H2,(H,4,5)/t5-;2-;;;/m00.../s1. The highest BCUT2D eigenvalue weighted by Crippen LogP contribution is 1.96. The molecule has 0 aliphatic carbocycles. The molecule has 186 valence electrons. The van der Waals surface area contributed by atoms with E-state index in [0.29, 0.717) is 13.0 Å². The molecular formula is C15H36N6O10. The van der Waals surface area contributed by atoms with Crippen molar-refractivity contribution >= 4 is 29.8 Å². The monoisotopic (exact) mass is 460 g/mol. The highest BCUT2D eigenvalue weighted by Gasteiger charge is 2.09. The predicted molar refractivity (Wildman–Crippen MR) is 110 cm³/mol. The Kier molecular flexibility index (Phi) is 36.6. The van der Waals surface area contributed by atoms with Crippen molar-refractivity contribution in [1.29, 1.82) is 0 Å². The third-order valence-corrected chi connectivity index (χ3v) is 2.20. The average molecular weight is 460 g/mol. The Morgan fingerprint density at radius 3 is 1.03 bits per heavy atom. The van der Waals surface area contributed by atoms with Crippen molar-refractivity contribution in [3.8, 4) is 0 Å². The summed E-state index contributed by atoms with van der Waals surface area (Å²) in [7, 11) is 0. The van der Waals surface area contributed by atoms with Crippen molar-refractivity contribution in [2.24, 2.45) is 34.4 Å². The van der Waals surface area contributed by atoms with Crippen LogP contribution in [0.1, 0.15) is 26.2 Å². The summed E-state index contributed by atoms with van der Waals surface area (Å²) in [6.45, 7) is 1.19. The molecule has 2 atom stereocenters. The summed E-state index contributed by atoms with van der Waals surface area (Å²) in [4.78, 5) is 47.4. The summed E-state index contributed by atoms with van der Waals surface area (Å²) in [6, 6.07) is -1.45. The number of carboxylic acids is 5. The van der Waals surface area contributed by atoms with Crippen LogP contribution < -0.4 is 34.4 Å². The molecule has 0 spiro atoms. The third kappa shape index (κ3) is 65.9. The van der Waals surface area contributed by atoms with Gasteiger partial charge in [-0.15, -0.1) is 0 Å². The van der Waals surface area contributed by atoms with Gasteiger partial charge in [0, 0.05) is 0 Å². The maximum absolute atomic E-state index is 10.1. The molecule has 0 bridgehead atoms. The van der Waals surface area contributed by atoms with Gasteiger partial charge in [-0.3, -0.25) is 24.0 Å². The Labute approximate surface area is 179 Å². The third-order valence-electron chi connectivity index (χ3n) is 2.20. The van der Waals surface area contributed by atoms with Crippen molar-refractivity contribution in [2.75, 3.05) is 26.2 Å². The van der Waals surface area contributed by atoms with E-state index in [1.54, 1.807) is 0 Å². The number of carboxylic acid groups (broad SMARTS) is 5. The molecule has 0 unspecified atom stereocenters. The summed E-state index contributed by atoms with van der Waals surface area (Å²) >= 11 is 0. The first-order valence-corrected chi connectivity index (χ1v) is 8.56. The smallest absolute Gasteiger partial charge is 0.320 e. The zero-order chi connectivity index (χ0) is 26.0. The normalized spacial score (nSPS) is 10.4. The van der Waals surface area contributed by atoms with Crippen LogP contribution in [0.15, 0.2) is 0 Å². The van der Waals surface area contributed by atoms with Crippen molar-refractivity contribution in [1.82, 2.24) is 0 Å². The number of aliphatic carboxylic acids is 5. The minimum Gasteiger partial charge on any atom is -0.480 e. The molecule has 16 nitrogen and oxygen atoms in total. The SMILES string of the molecule is C[C@H](N)C(=O)O.NCC(=O)O.NCC(=O)O.NCC(=O)O.NCCCC[C@H](N)C(=O)O. The summed E-state index contributed by atoms with van der Waals surface area (Å²) in [6.07, 6.45) is 2.16. The molecule has 0 aromatic heterocycles. The van der Waals surface area contributed by atoms with E-state index in [4.69, 9.17) is 42.7 Å². The second-order valence-electron chi connectivity index (χ2n) is 5.15. The van der Waals surface area contributed by atoms with Crippen molar-refractivity contribution in [3.63, 3.8) is 0 Å². The van der Waals surface area contributed by atoms with Crippen LogP contribution in [-0.4, -0.2) is 93.6 Å². The van der Waals surface area contributed by atoms with E-state index in [-0.39, 0.29) is 19.6 Å². The van der Waals surface area contributed by atoms with Crippen molar-refractivity contribution in [3.05, 3.63) is 0 Å². The van der Waals surface area contributed by atoms with Gasteiger partial charge in [-0.25, -0.2) is 0 Å². The van der Waals surface area contributed by atoms with Crippen LogP contribution in [0.4, 0.5) is 0 Å².